The average Bonchev–Trinajstić information content (AvgIpc) is 3.86. The lowest BCUT2D eigenvalue weighted by Crippen LogP contribution is -2.39. The fourth-order valence-electron chi connectivity index (χ4n) is 8.12. The van der Waals surface area contributed by atoms with Gasteiger partial charge in [-0.1, -0.05) is 18.2 Å². The number of anilines is 7. The molecule has 1 atom stereocenters. The number of benzene rings is 3. The molecule has 2 aromatic heterocycles. The third-order valence-corrected chi connectivity index (χ3v) is 12.3. The molecule has 2 fully saturated rings. The zero-order valence-electron chi connectivity index (χ0n) is 32.1. The highest BCUT2D eigenvalue weighted by Crippen LogP contribution is 2.39. The van der Waals surface area contributed by atoms with Crippen LogP contribution in [0.5, 0.6) is 0 Å². The van der Waals surface area contributed by atoms with Crippen LogP contribution >= 0.6 is 0 Å². The molecule has 0 aliphatic carbocycles. The van der Waals surface area contributed by atoms with E-state index in [4.69, 9.17) is 0 Å². The van der Waals surface area contributed by atoms with Gasteiger partial charge in [-0.05, 0) is 92.6 Å². The molecule has 14 nitrogen and oxygen atoms in total. The van der Waals surface area contributed by atoms with E-state index in [2.05, 4.69) is 46.4 Å². The first kappa shape index (κ1) is 39.0. The second-order valence-electron chi connectivity index (χ2n) is 15.1. The first-order valence-corrected chi connectivity index (χ1v) is 21.5. The van der Waals surface area contributed by atoms with Crippen molar-refractivity contribution in [2.45, 2.75) is 44.4 Å². The Morgan fingerprint density at radius 1 is 0.862 bits per heavy atom. The topological polar surface area (TPSA) is 176 Å². The zero-order valence-corrected chi connectivity index (χ0v) is 32.9. The number of carbonyl (C=O) groups excluding carboxylic acids is 2. The molecular weight excluding hydrogens is 767 g/mol. The predicted molar refractivity (Wildman–Crippen MR) is 222 cm³/mol. The molecule has 0 saturated carbocycles. The van der Waals surface area contributed by atoms with Gasteiger partial charge in [0, 0.05) is 62.3 Å². The van der Waals surface area contributed by atoms with Gasteiger partial charge >= 0.3 is 0 Å². The Morgan fingerprint density at radius 2 is 1.71 bits per heavy atom. The molecule has 58 heavy (non-hydrogen) atoms. The molecule has 0 bridgehead atoms. The normalized spacial score (nSPS) is 17.4. The summed E-state index contributed by atoms with van der Waals surface area (Å²) in [6, 6.07) is 17.3. The number of piperidine rings is 2. The van der Waals surface area contributed by atoms with Crippen LogP contribution in [0.2, 0.25) is 0 Å². The van der Waals surface area contributed by atoms with E-state index in [9.17, 15) is 18.0 Å². The minimum Gasteiger partial charge on any atom is -0.381 e. The number of nitrogens with one attached hydrogen (secondary N) is 6. The number of nitrogens with zero attached hydrogens (tertiary/aromatic N) is 4. The van der Waals surface area contributed by atoms with Gasteiger partial charge in [-0.3, -0.25) is 19.2 Å². The summed E-state index contributed by atoms with van der Waals surface area (Å²) in [5.74, 6) is -1.00. The van der Waals surface area contributed by atoms with E-state index in [1.807, 2.05) is 30.3 Å². The smallest absolute Gasteiger partial charge is 0.234 e. The van der Waals surface area contributed by atoms with Crippen molar-refractivity contribution in [1.29, 1.82) is 0 Å². The number of sulfonamides is 1. The first-order valence-electron chi connectivity index (χ1n) is 19.6. The van der Waals surface area contributed by atoms with Gasteiger partial charge in [0.15, 0.2) is 0 Å². The molecule has 5 aromatic rings. The zero-order chi connectivity index (χ0) is 40.4. The minimum atomic E-state index is -3.47. The summed E-state index contributed by atoms with van der Waals surface area (Å²) in [7, 11) is -3.47. The van der Waals surface area contributed by atoms with Crippen molar-refractivity contribution < 1.29 is 26.8 Å². The number of amides is 2. The number of halogens is 2. The van der Waals surface area contributed by atoms with Crippen molar-refractivity contribution in [1.82, 2.24) is 25.6 Å². The Morgan fingerprint density at radius 3 is 2.48 bits per heavy atom. The maximum Gasteiger partial charge on any atom is 0.234 e. The number of hydrogen-bond donors (Lipinski definition) is 6. The SMILES string of the molecule is CS(=O)(=O)N1CCc2cccc(Nc3nc(Nc4ccc(NCCNCCC5CCN(c6ccc(C7CCC(=O)NC7=O)c(F)c6)CC5)c(F)c4)nc4[nH]ccc34)c21. The average molecular weight is 813 g/mol. The van der Waals surface area contributed by atoms with Crippen molar-refractivity contribution in [3.63, 3.8) is 0 Å². The third-order valence-electron chi connectivity index (χ3n) is 11.2. The van der Waals surface area contributed by atoms with Gasteiger partial charge in [-0.2, -0.15) is 9.97 Å². The van der Waals surface area contributed by atoms with Crippen LogP contribution in [0.4, 0.5) is 49.0 Å². The van der Waals surface area contributed by atoms with Gasteiger partial charge in [0.25, 0.3) is 0 Å². The molecule has 2 amide bonds. The van der Waals surface area contributed by atoms with Gasteiger partial charge in [0.1, 0.15) is 23.1 Å². The standard InChI is InChI=1S/C41H46F2N10O4S/c1-58(56,57)53-22-15-26-3-2-4-35(37(26)53)48-39-31-12-17-46-38(31)50-41(51-39)47-27-5-9-34(33(43)23-27)45-19-18-44-16-11-25-13-20-52(21-14-25)28-6-7-29(32(42)24-28)30-8-10-36(54)49-40(30)55/h2-7,9,12,17,23-25,30,44-45H,8,10-11,13-16,18-22H2,1H3,(H,49,54,55)(H3,46,47,48,50,51). The molecule has 304 valence electrons. The molecule has 5 heterocycles. The lowest BCUT2D eigenvalue weighted by atomic mass is 9.89. The van der Waals surface area contributed by atoms with Crippen molar-refractivity contribution >= 4 is 73.1 Å². The van der Waals surface area contributed by atoms with E-state index >= 15 is 8.78 Å². The molecule has 3 aromatic carbocycles. The van der Waals surface area contributed by atoms with E-state index in [0.29, 0.717) is 83.6 Å². The van der Waals surface area contributed by atoms with E-state index in [1.54, 1.807) is 24.4 Å². The molecule has 1 unspecified atom stereocenters. The number of carbonyl (C=O) groups is 2. The lowest BCUT2D eigenvalue weighted by molar-refractivity contribution is -0.134. The molecule has 3 aliphatic heterocycles. The van der Waals surface area contributed by atoms with Crippen LogP contribution in [-0.2, 0) is 26.0 Å². The summed E-state index contributed by atoms with van der Waals surface area (Å²) < 4.78 is 56.7. The predicted octanol–water partition coefficient (Wildman–Crippen LogP) is 5.87. The second kappa shape index (κ2) is 16.6. The molecule has 0 radical (unpaired) electrons. The highest BCUT2D eigenvalue weighted by molar-refractivity contribution is 7.92. The van der Waals surface area contributed by atoms with Crippen LogP contribution in [0.1, 0.15) is 49.1 Å². The molecule has 17 heteroatoms. The Balaban J connectivity index is 0.790. The van der Waals surface area contributed by atoms with Crippen molar-refractivity contribution in [2.75, 3.05) is 70.7 Å². The van der Waals surface area contributed by atoms with Gasteiger partial charge in [-0.15, -0.1) is 0 Å². The highest BCUT2D eigenvalue weighted by Gasteiger charge is 2.31. The second-order valence-corrected chi connectivity index (χ2v) is 17.0. The van der Waals surface area contributed by atoms with Crippen LogP contribution < -0.4 is 35.8 Å². The summed E-state index contributed by atoms with van der Waals surface area (Å²) in [5, 5.41) is 16.0. The van der Waals surface area contributed by atoms with Crippen LogP contribution in [0.15, 0.2) is 66.9 Å². The summed E-state index contributed by atoms with van der Waals surface area (Å²) in [4.78, 5) is 38.2. The quantitative estimate of drug-likeness (QED) is 0.0584. The Labute approximate surface area is 335 Å². The summed E-state index contributed by atoms with van der Waals surface area (Å²) in [6.45, 7) is 4.03. The number of H-pyrrole nitrogens is 1. The van der Waals surface area contributed by atoms with Gasteiger partial charge in [0.2, 0.25) is 27.8 Å². The van der Waals surface area contributed by atoms with Gasteiger partial charge in [0.05, 0.1) is 34.6 Å². The third kappa shape index (κ3) is 8.55. The van der Waals surface area contributed by atoms with Crippen molar-refractivity contribution in [2.24, 2.45) is 5.92 Å². The summed E-state index contributed by atoms with van der Waals surface area (Å²) in [6.07, 6.45) is 7.07. The van der Waals surface area contributed by atoms with Crippen LogP contribution in [-0.4, -0.2) is 80.7 Å². The van der Waals surface area contributed by atoms with E-state index in [-0.39, 0.29) is 18.3 Å². The van der Waals surface area contributed by atoms with Crippen LogP contribution in [0.25, 0.3) is 11.0 Å². The van der Waals surface area contributed by atoms with E-state index in [0.717, 1.165) is 50.1 Å². The van der Waals surface area contributed by atoms with Gasteiger partial charge in [-0.25, -0.2) is 17.2 Å². The largest absolute Gasteiger partial charge is 0.381 e. The Bertz CT molecular complexity index is 2450. The highest BCUT2D eigenvalue weighted by atomic mass is 32.2. The van der Waals surface area contributed by atoms with Crippen molar-refractivity contribution in [3.8, 4) is 0 Å². The number of imide groups is 1. The number of hydrogen-bond acceptors (Lipinski definition) is 11. The van der Waals surface area contributed by atoms with Crippen LogP contribution in [0, 0.1) is 17.6 Å². The number of aromatic amines is 1. The Hall–Kier alpha value is -5.81. The maximum absolute atomic E-state index is 15.2. The maximum atomic E-state index is 15.2. The van der Waals surface area contributed by atoms with Crippen LogP contribution in [0.3, 0.4) is 0 Å². The molecule has 3 aliphatic rings. The fraction of sp³-hybridized carbons (Fsp3) is 0.366. The number of fused-ring (bicyclic) bond motifs is 2. The first-order chi connectivity index (χ1) is 28.0. The lowest BCUT2D eigenvalue weighted by Gasteiger charge is -2.34. The minimum absolute atomic E-state index is 0.212. The molecule has 8 rings (SSSR count). The molecule has 2 saturated heterocycles. The number of aromatic nitrogens is 3. The van der Waals surface area contributed by atoms with E-state index < -0.39 is 33.5 Å². The number of rotatable bonds is 14. The fourth-order valence-corrected chi connectivity index (χ4v) is 9.09. The van der Waals surface area contributed by atoms with Gasteiger partial charge < -0.3 is 31.2 Å². The summed E-state index contributed by atoms with van der Waals surface area (Å²) in [5.41, 5.74) is 4.66. The van der Waals surface area contributed by atoms with Crippen molar-refractivity contribution in [3.05, 3.63) is 89.6 Å². The Kier molecular flexibility index (Phi) is 11.2. The number of para-hydroxylation sites is 1. The monoisotopic (exact) mass is 812 g/mol. The molecule has 6 N–H and O–H groups in total. The summed E-state index contributed by atoms with van der Waals surface area (Å²) >= 11 is 0. The molecular formula is C41H46F2N10O4S. The van der Waals surface area contributed by atoms with E-state index in [1.165, 1.54) is 22.7 Å². The molecule has 0 spiro atoms.